The fourth-order valence-corrected chi connectivity index (χ4v) is 2.90. The molecular weight excluding hydrogens is 266 g/mol. The van der Waals surface area contributed by atoms with Crippen LogP contribution in [0, 0.1) is 0 Å². The second-order valence-corrected chi connectivity index (χ2v) is 7.00. The van der Waals surface area contributed by atoms with Gasteiger partial charge in [-0.3, -0.25) is 4.79 Å². The molecule has 1 aliphatic heterocycles. The van der Waals surface area contributed by atoms with E-state index in [9.17, 15) is 4.79 Å². The first-order valence-corrected chi connectivity index (χ1v) is 7.71. The van der Waals surface area contributed by atoms with Gasteiger partial charge in [0.15, 0.2) is 5.82 Å². The molecule has 2 rings (SSSR count). The van der Waals surface area contributed by atoms with Gasteiger partial charge in [-0.15, -0.1) is 0 Å². The molecule has 2 heterocycles. The minimum Gasteiger partial charge on any atom is -0.369 e. The third-order valence-corrected chi connectivity index (χ3v) is 4.03. The topological polar surface area (TPSA) is 77.0 Å². The molecule has 1 aromatic rings. The van der Waals surface area contributed by atoms with E-state index in [0.29, 0.717) is 11.9 Å². The number of carbonyl (C=O) groups is 1. The van der Waals surface area contributed by atoms with Gasteiger partial charge in [-0.05, 0) is 47.2 Å². The van der Waals surface area contributed by atoms with Crippen LogP contribution in [-0.4, -0.2) is 45.2 Å². The predicted molar refractivity (Wildman–Crippen MR) is 81.9 cm³/mol. The zero-order valence-corrected chi connectivity index (χ0v) is 13.6. The number of nitrogens with zero attached hydrogens (tertiary/aromatic N) is 4. The number of carbonyl (C=O) groups excluding carboxylic acids is 1. The van der Waals surface area contributed by atoms with Crippen molar-refractivity contribution >= 4 is 5.91 Å². The Labute approximate surface area is 126 Å². The zero-order chi connectivity index (χ0) is 15.6. The van der Waals surface area contributed by atoms with E-state index in [-0.39, 0.29) is 17.9 Å². The SMILES string of the molecule is CN1CCCCC1Cc1nc(CC(N)=O)nn1C(C)(C)C. The maximum Gasteiger partial charge on any atom is 0.225 e. The van der Waals surface area contributed by atoms with E-state index in [0.717, 1.165) is 18.8 Å². The maximum absolute atomic E-state index is 11.1. The van der Waals surface area contributed by atoms with Gasteiger partial charge in [-0.1, -0.05) is 6.42 Å². The second-order valence-electron chi connectivity index (χ2n) is 7.00. The Morgan fingerprint density at radius 2 is 2.10 bits per heavy atom. The van der Waals surface area contributed by atoms with Crippen molar-refractivity contribution < 1.29 is 4.79 Å². The largest absolute Gasteiger partial charge is 0.369 e. The van der Waals surface area contributed by atoms with Gasteiger partial charge in [0.1, 0.15) is 5.82 Å². The summed E-state index contributed by atoms with van der Waals surface area (Å²) in [5.74, 6) is 1.10. The summed E-state index contributed by atoms with van der Waals surface area (Å²) in [6.45, 7) is 7.44. The van der Waals surface area contributed by atoms with Gasteiger partial charge in [-0.25, -0.2) is 9.67 Å². The van der Waals surface area contributed by atoms with E-state index >= 15 is 0 Å². The molecular formula is C15H27N5O. The van der Waals surface area contributed by atoms with Crippen molar-refractivity contribution in [3.05, 3.63) is 11.6 Å². The summed E-state index contributed by atoms with van der Waals surface area (Å²) >= 11 is 0. The molecule has 0 bridgehead atoms. The van der Waals surface area contributed by atoms with E-state index in [1.165, 1.54) is 19.3 Å². The van der Waals surface area contributed by atoms with Gasteiger partial charge in [-0.2, -0.15) is 5.10 Å². The Hall–Kier alpha value is -1.43. The van der Waals surface area contributed by atoms with Crippen LogP contribution >= 0.6 is 0 Å². The first kappa shape index (κ1) is 15.9. The first-order chi connectivity index (χ1) is 9.77. The lowest BCUT2D eigenvalue weighted by atomic mass is 9.99. The van der Waals surface area contributed by atoms with E-state index in [4.69, 9.17) is 5.73 Å². The number of aromatic nitrogens is 3. The molecule has 118 valence electrons. The Morgan fingerprint density at radius 1 is 1.38 bits per heavy atom. The summed E-state index contributed by atoms with van der Waals surface area (Å²) in [4.78, 5) is 18.1. The van der Waals surface area contributed by atoms with Crippen molar-refractivity contribution in [3.8, 4) is 0 Å². The number of likely N-dealkylation sites (N-methyl/N-ethyl adjacent to an activating group) is 1. The Morgan fingerprint density at radius 3 is 2.67 bits per heavy atom. The van der Waals surface area contributed by atoms with Gasteiger partial charge in [0, 0.05) is 12.5 Å². The standard InChI is InChI=1S/C15H27N5O/c1-15(2,3)20-14(17-13(18-20)10-12(16)21)9-11-7-5-6-8-19(11)4/h11H,5-10H2,1-4H3,(H2,16,21). The van der Waals surface area contributed by atoms with Crippen molar-refractivity contribution in [2.24, 2.45) is 5.73 Å². The first-order valence-electron chi connectivity index (χ1n) is 7.71. The molecule has 0 aromatic carbocycles. The molecule has 1 amide bonds. The lowest BCUT2D eigenvalue weighted by Gasteiger charge is -2.33. The number of likely N-dealkylation sites (tertiary alicyclic amines) is 1. The molecule has 0 spiro atoms. The van der Waals surface area contributed by atoms with E-state index in [2.05, 4.69) is 42.8 Å². The molecule has 0 aliphatic carbocycles. The quantitative estimate of drug-likeness (QED) is 0.901. The zero-order valence-electron chi connectivity index (χ0n) is 13.6. The maximum atomic E-state index is 11.1. The molecule has 2 N–H and O–H groups in total. The summed E-state index contributed by atoms with van der Waals surface area (Å²) in [7, 11) is 2.17. The number of primary amides is 1. The van der Waals surface area contributed by atoms with Gasteiger partial charge in [0.25, 0.3) is 0 Å². The van der Waals surface area contributed by atoms with Crippen molar-refractivity contribution in [1.29, 1.82) is 0 Å². The summed E-state index contributed by atoms with van der Waals surface area (Å²) in [6.07, 6.45) is 4.72. The van der Waals surface area contributed by atoms with Crippen LogP contribution in [0.5, 0.6) is 0 Å². The number of rotatable bonds is 4. The van der Waals surface area contributed by atoms with Crippen LogP contribution in [0.3, 0.4) is 0 Å². The number of nitrogens with two attached hydrogens (primary N) is 1. The Kier molecular flexibility index (Phi) is 4.66. The van der Waals surface area contributed by atoms with Gasteiger partial charge in [0.2, 0.25) is 5.91 Å². The van der Waals surface area contributed by atoms with E-state index < -0.39 is 0 Å². The monoisotopic (exact) mass is 293 g/mol. The van der Waals surface area contributed by atoms with Crippen molar-refractivity contribution in [2.75, 3.05) is 13.6 Å². The number of piperidine rings is 1. The average molecular weight is 293 g/mol. The van der Waals surface area contributed by atoms with Crippen LogP contribution in [0.25, 0.3) is 0 Å². The van der Waals surface area contributed by atoms with E-state index in [1.54, 1.807) is 0 Å². The summed E-state index contributed by atoms with van der Waals surface area (Å²) in [5, 5.41) is 4.50. The Balaban J connectivity index is 2.23. The normalized spacial score (nSPS) is 20.7. The summed E-state index contributed by atoms with van der Waals surface area (Å²) < 4.78 is 1.95. The fourth-order valence-electron chi connectivity index (χ4n) is 2.90. The predicted octanol–water partition coefficient (Wildman–Crippen LogP) is 1.09. The molecule has 1 saturated heterocycles. The molecule has 1 aliphatic rings. The molecule has 0 radical (unpaired) electrons. The van der Waals surface area contributed by atoms with Crippen LogP contribution in [0.1, 0.15) is 51.7 Å². The van der Waals surface area contributed by atoms with Crippen LogP contribution in [-0.2, 0) is 23.2 Å². The van der Waals surface area contributed by atoms with Crippen LogP contribution < -0.4 is 5.73 Å². The molecule has 1 unspecified atom stereocenters. The van der Waals surface area contributed by atoms with E-state index in [1.807, 2.05) is 4.68 Å². The number of amides is 1. The number of hydrogen-bond donors (Lipinski definition) is 1. The van der Waals surface area contributed by atoms with Crippen LogP contribution in [0.4, 0.5) is 0 Å². The second kappa shape index (κ2) is 6.13. The van der Waals surface area contributed by atoms with Gasteiger partial charge >= 0.3 is 0 Å². The Bertz CT molecular complexity index is 503. The molecule has 6 nitrogen and oxygen atoms in total. The van der Waals surface area contributed by atoms with Crippen LogP contribution in [0.2, 0.25) is 0 Å². The van der Waals surface area contributed by atoms with Crippen molar-refractivity contribution in [2.45, 2.75) is 64.5 Å². The highest BCUT2D eigenvalue weighted by Crippen LogP contribution is 2.22. The minimum atomic E-state index is -0.387. The van der Waals surface area contributed by atoms with Crippen molar-refractivity contribution in [1.82, 2.24) is 19.7 Å². The highest BCUT2D eigenvalue weighted by atomic mass is 16.1. The fraction of sp³-hybridized carbons (Fsp3) is 0.800. The smallest absolute Gasteiger partial charge is 0.225 e. The molecule has 0 saturated carbocycles. The molecule has 1 aromatic heterocycles. The van der Waals surface area contributed by atoms with Crippen molar-refractivity contribution in [3.63, 3.8) is 0 Å². The molecule has 21 heavy (non-hydrogen) atoms. The summed E-state index contributed by atoms with van der Waals surface area (Å²) in [6, 6.07) is 0.505. The highest BCUT2D eigenvalue weighted by molar-refractivity contribution is 5.75. The highest BCUT2D eigenvalue weighted by Gasteiger charge is 2.26. The third-order valence-electron chi connectivity index (χ3n) is 4.03. The molecule has 6 heteroatoms. The minimum absolute atomic E-state index is 0.108. The summed E-state index contributed by atoms with van der Waals surface area (Å²) in [5.41, 5.74) is 5.12. The lowest BCUT2D eigenvalue weighted by molar-refractivity contribution is -0.117. The number of hydrogen-bond acceptors (Lipinski definition) is 4. The van der Waals surface area contributed by atoms with Gasteiger partial charge < -0.3 is 10.6 Å². The third kappa shape index (κ3) is 4.03. The van der Waals surface area contributed by atoms with Gasteiger partial charge in [0.05, 0.1) is 12.0 Å². The molecule has 1 atom stereocenters. The average Bonchev–Trinajstić information content (AvgIpc) is 2.74. The molecule has 1 fully saturated rings. The van der Waals surface area contributed by atoms with Crippen LogP contribution in [0.15, 0.2) is 0 Å². The lowest BCUT2D eigenvalue weighted by Crippen LogP contribution is -2.39.